The molecule has 0 bridgehead atoms. The molecule has 1 amide bonds. The number of carbonyl (C=O) groups is 1. The minimum absolute atomic E-state index is 0.493. The van der Waals surface area contributed by atoms with E-state index in [0.717, 1.165) is 17.7 Å². The predicted molar refractivity (Wildman–Crippen MR) is 80.4 cm³/mol. The van der Waals surface area contributed by atoms with E-state index in [0.29, 0.717) is 11.4 Å². The molecule has 0 aromatic heterocycles. The lowest BCUT2D eigenvalue weighted by Gasteiger charge is -2.20. The topological polar surface area (TPSA) is 47.6 Å². The van der Waals surface area contributed by atoms with E-state index >= 15 is 0 Å². The SMILES string of the molecule is COc1cc(CCS)ccc1NC(=O)OC(C)(C)C. The third-order valence-corrected chi connectivity index (χ3v) is 2.53. The maximum atomic E-state index is 11.7. The second kappa shape index (κ2) is 6.70. The summed E-state index contributed by atoms with van der Waals surface area (Å²) in [6.45, 7) is 5.46. The molecule has 1 N–H and O–H groups in total. The summed E-state index contributed by atoms with van der Waals surface area (Å²) in [6, 6.07) is 5.63. The first kappa shape index (κ1) is 15.7. The minimum Gasteiger partial charge on any atom is -0.495 e. The standard InChI is InChI=1S/C14H21NO3S/c1-14(2,3)18-13(16)15-11-6-5-10(7-8-19)9-12(11)17-4/h5-6,9,19H,7-8H2,1-4H3,(H,15,16). The molecule has 0 fully saturated rings. The fourth-order valence-electron chi connectivity index (χ4n) is 1.54. The van der Waals surface area contributed by atoms with E-state index in [9.17, 15) is 4.79 Å². The van der Waals surface area contributed by atoms with Gasteiger partial charge < -0.3 is 9.47 Å². The Kier molecular flexibility index (Phi) is 5.54. The van der Waals surface area contributed by atoms with Gasteiger partial charge in [-0.15, -0.1) is 0 Å². The van der Waals surface area contributed by atoms with Gasteiger partial charge in [0.1, 0.15) is 11.4 Å². The highest BCUT2D eigenvalue weighted by Crippen LogP contribution is 2.26. The van der Waals surface area contributed by atoms with Crippen LogP contribution in [0.15, 0.2) is 18.2 Å². The van der Waals surface area contributed by atoms with Crippen LogP contribution in [0.4, 0.5) is 10.5 Å². The average molecular weight is 283 g/mol. The smallest absolute Gasteiger partial charge is 0.412 e. The van der Waals surface area contributed by atoms with Crippen LogP contribution in [0.25, 0.3) is 0 Å². The van der Waals surface area contributed by atoms with E-state index in [1.165, 1.54) is 0 Å². The van der Waals surface area contributed by atoms with Crippen LogP contribution < -0.4 is 10.1 Å². The molecule has 0 radical (unpaired) electrons. The summed E-state index contributed by atoms with van der Waals surface area (Å²) in [7, 11) is 1.57. The molecular formula is C14H21NO3S. The predicted octanol–water partition coefficient (Wildman–Crippen LogP) is 3.51. The van der Waals surface area contributed by atoms with Crippen LogP contribution in [0, 0.1) is 0 Å². The van der Waals surface area contributed by atoms with Crippen LogP contribution in [0.1, 0.15) is 26.3 Å². The number of carbonyl (C=O) groups excluding carboxylic acids is 1. The third kappa shape index (κ3) is 5.42. The van der Waals surface area contributed by atoms with Crippen molar-refractivity contribution >= 4 is 24.4 Å². The summed E-state index contributed by atoms with van der Waals surface area (Å²) in [4.78, 5) is 11.7. The Hall–Kier alpha value is -1.36. The normalized spacial score (nSPS) is 11.0. The highest BCUT2D eigenvalue weighted by Gasteiger charge is 2.17. The van der Waals surface area contributed by atoms with Crippen LogP contribution in [0.3, 0.4) is 0 Å². The molecule has 1 rings (SSSR count). The molecule has 0 unspecified atom stereocenters. The van der Waals surface area contributed by atoms with E-state index in [4.69, 9.17) is 9.47 Å². The van der Waals surface area contributed by atoms with Gasteiger partial charge in [0, 0.05) is 0 Å². The van der Waals surface area contributed by atoms with E-state index < -0.39 is 11.7 Å². The number of methoxy groups -OCH3 is 1. The van der Waals surface area contributed by atoms with Crippen molar-refractivity contribution in [3.8, 4) is 5.75 Å². The van der Waals surface area contributed by atoms with Crippen molar-refractivity contribution in [1.29, 1.82) is 0 Å². The van der Waals surface area contributed by atoms with Crippen LogP contribution in [-0.2, 0) is 11.2 Å². The Morgan fingerprint density at radius 1 is 1.37 bits per heavy atom. The zero-order chi connectivity index (χ0) is 14.5. The lowest BCUT2D eigenvalue weighted by Crippen LogP contribution is -2.27. The molecule has 0 aliphatic rings. The molecule has 5 heteroatoms. The van der Waals surface area contributed by atoms with Crippen molar-refractivity contribution in [3.05, 3.63) is 23.8 Å². The Morgan fingerprint density at radius 2 is 2.05 bits per heavy atom. The molecule has 4 nitrogen and oxygen atoms in total. The van der Waals surface area contributed by atoms with Crippen molar-refractivity contribution < 1.29 is 14.3 Å². The number of nitrogens with one attached hydrogen (secondary N) is 1. The summed E-state index contributed by atoms with van der Waals surface area (Å²) in [5.74, 6) is 1.38. The van der Waals surface area contributed by atoms with E-state index in [1.54, 1.807) is 7.11 Å². The van der Waals surface area contributed by atoms with Gasteiger partial charge in [-0.05, 0) is 50.6 Å². The molecule has 1 aromatic rings. The molecule has 0 spiro atoms. The molecule has 0 saturated heterocycles. The zero-order valence-corrected chi connectivity index (χ0v) is 12.7. The Morgan fingerprint density at radius 3 is 2.58 bits per heavy atom. The Bertz CT molecular complexity index is 441. The molecule has 0 aliphatic carbocycles. The van der Waals surface area contributed by atoms with Crippen molar-refractivity contribution in [1.82, 2.24) is 0 Å². The molecule has 1 aromatic carbocycles. The maximum absolute atomic E-state index is 11.7. The lowest BCUT2D eigenvalue weighted by molar-refractivity contribution is 0.0635. The molecule has 0 heterocycles. The second-order valence-corrected chi connectivity index (χ2v) is 5.58. The quantitative estimate of drug-likeness (QED) is 0.831. The van der Waals surface area contributed by atoms with Crippen molar-refractivity contribution in [3.63, 3.8) is 0 Å². The summed E-state index contributed by atoms with van der Waals surface area (Å²) in [5, 5.41) is 2.68. The Labute approximate surface area is 119 Å². The number of aryl methyl sites for hydroxylation is 1. The maximum Gasteiger partial charge on any atom is 0.412 e. The first-order valence-electron chi connectivity index (χ1n) is 6.13. The molecule has 0 saturated carbocycles. The van der Waals surface area contributed by atoms with Crippen molar-refractivity contribution in [2.45, 2.75) is 32.8 Å². The molecule has 0 atom stereocenters. The van der Waals surface area contributed by atoms with Gasteiger partial charge in [-0.2, -0.15) is 12.6 Å². The molecule has 106 valence electrons. The van der Waals surface area contributed by atoms with Crippen LogP contribution in [0.2, 0.25) is 0 Å². The summed E-state index contributed by atoms with van der Waals surface area (Å²) >= 11 is 4.19. The first-order valence-corrected chi connectivity index (χ1v) is 6.77. The number of hydrogen-bond donors (Lipinski definition) is 2. The number of thiol groups is 1. The number of anilines is 1. The lowest BCUT2D eigenvalue weighted by atomic mass is 10.1. The fourth-order valence-corrected chi connectivity index (χ4v) is 1.80. The fraction of sp³-hybridized carbons (Fsp3) is 0.500. The van der Waals surface area contributed by atoms with E-state index in [1.807, 2.05) is 39.0 Å². The monoisotopic (exact) mass is 283 g/mol. The number of amides is 1. The largest absolute Gasteiger partial charge is 0.495 e. The third-order valence-electron chi connectivity index (χ3n) is 2.30. The van der Waals surface area contributed by atoms with Gasteiger partial charge in [-0.3, -0.25) is 5.32 Å². The van der Waals surface area contributed by atoms with Crippen LogP contribution in [0.5, 0.6) is 5.75 Å². The minimum atomic E-state index is -0.525. The second-order valence-electron chi connectivity index (χ2n) is 5.14. The molecule has 0 aliphatic heterocycles. The van der Waals surface area contributed by atoms with Gasteiger partial charge in [0.15, 0.2) is 0 Å². The molecular weight excluding hydrogens is 262 g/mol. The summed E-state index contributed by atoms with van der Waals surface area (Å²) in [5.41, 5.74) is 1.18. The van der Waals surface area contributed by atoms with Gasteiger partial charge in [-0.1, -0.05) is 6.07 Å². The average Bonchev–Trinajstić information content (AvgIpc) is 2.29. The Balaban J connectivity index is 2.80. The number of benzene rings is 1. The highest BCUT2D eigenvalue weighted by atomic mass is 32.1. The summed E-state index contributed by atoms with van der Waals surface area (Å²) < 4.78 is 10.5. The highest BCUT2D eigenvalue weighted by molar-refractivity contribution is 7.80. The number of hydrogen-bond acceptors (Lipinski definition) is 4. The van der Waals surface area contributed by atoms with E-state index in [2.05, 4.69) is 17.9 Å². The summed E-state index contributed by atoms with van der Waals surface area (Å²) in [6.07, 6.45) is 0.361. The van der Waals surface area contributed by atoms with Gasteiger partial charge in [0.25, 0.3) is 0 Å². The van der Waals surface area contributed by atoms with Gasteiger partial charge in [-0.25, -0.2) is 4.79 Å². The number of ether oxygens (including phenoxy) is 2. The van der Waals surface area contributed by atoms with Crippen molar-refractivity contribution in [2.75, 3.05) is 18.2 Å². The van der Waals surface area contributed by atoms with E-state index in [-0.39, 0.29) is 0 Å². The number of rotatable bonds is 4. The van der Waals surface area contributed by atoms with Crippen LogP contribution in [-0.4, -0.2) is 24.6 Å². The van der Waals surface area contributed by atoms with Crippen molar-refractivity contribution in [2.24, 2.45) is 0 Å². The van der Waals surface area contributed by atoms with Gasteiger partial charge in [0.05, 0.1) is 12.8 Å². The van der Waals surface area contributed by atoms with Crippen LogP contribution >= 0.6 is 12.6 Å². The van der Waals surface area contributed by atoms with Gasteiger partial charge >= 0.3 is 6.09 Å². The molecule has 19 heavy (non-hydrogen) atoms. The first-order chi connectivity index (χ1) is 8.85. The van der Waals surface area contributed by atoms with Gasteiger partial charge in [0.2, 0.25) is 0 Å². The zero-order valence-electron chi connectivity index (χ0n) is 11.8.